The Kier molecular flexibility index (Phi) is 12.9. The minimum atomic E-state index is -6.00. The van der Waals surface area contributed by atoms with E-state index in [2.05, 4.69) is 38.3 Å². The second-order valence-electron chi connectivity index (χ2n) is 7.35. The summed E-state index contributed by atoms with van der Waals surface area (Å²) in [5, 5.41) is 0. The summed E-state index contributed by atoms with van der Waals surface area (Å²) in [5.41, 5.74) is 0. The second kappa shape index (κ2) is 13.4. The van der Waals surface area contributed by atoms with Crippen molar-refractivity contribution < 1.29 is 48.2 Å². The zero-order chi connectivity index (χ0) is 23.3. The maximum atomic E-state index is 9.75. The van der Waals surface area contributed by atoms with Crippen molar-refractivity contribution in [1.29, 1.82) is 0 Å². The SMILES string of the molecule is CC[N+]1(CCOCC[N+]2(CC)CCCC2)C=CC=CC1.F[B-](F)(F)F.F[B-](F)(F)F. The molecule has 1 saturated heterocycles. The number of hydrogen-bond acceptors (Lipinski definition) is 1. The number of rotatable bonds is 8. The number of allylic oxidation sites excluding steroid dienone is 2. The van der Waals surface area contributed by atoms with Crippen LogP contribution in [0, 0.1) is 0 Å². The maximum Gasteiger partial charge on any atom is 0.673 e. The standard InChI is InChI=1S/C17H32N2O.2BF4/c1-3-18(10-6-5-7-11-18)14-16-20-17-15-19(4-2)12-8-9-13-19;2*2-1(3,4)5/h5-7,10H,3-4,8-9,11-17H2,1-2H3;;/q+2;2*-1. The van der Waals surface area contributed by atoms with Gasteiger partial charge in [0.15, 0.2) is 0 Å². The van der Waals surface area contributed by atoms with E-state index in [0.29, 0.717) is 0 Å². The largest absolute Gasteiger partial charge is 0.673 e. The quantitative estimate of drug-likeness (QED) is 0.213. The van der Waals surface area contributed by atoms with Gasteiger partial charge < -0.3 is 43.7 Å². The summed E-state index contributed by atoms with van der Waals surface area (Å²) in [6, 6.07) is 0. The number of quaternary nitrogens is 2. The first-order chi connectivity index (χ1) is 13.7. The molecule has 2 rings (SSSR count). The number of hydrogen-bond donors (Lipinski definition) is 0. The molecule has 0 aromatic rings. The molecule has 2 aliphatic rings. The number of likely N-dealkylation sites (tertiary alicyclic amines) is 1. The second-order valence-corrected chi connectivity index (χ2v) is 7.35. The Morgan fingerprint density at radius 2 is 1.27 bits per heavy atom. The van der Waals surface area contributed by atoms with E-state index in [4.69, 9.17) is 4.74 Å². The van der Waals surface area contributed by atoms with E-state index in [9.17, 15) is 34.5 Å². The van der Waals surface area contributed by atoms with Crippen LogP contribution in [0.15, 0.2) is 24.4 Å². The van der Waals surface area contributed by atoms with Crippen LogP contribution < -0.4 is 0 Å². The molecule has 0 saturated carbocycles. The van der Waals surface area contributed by atoms with E-state index in [1.807, 2.05) is 0 Å². The van der Waals surface area contributed by atoms with Crippen molar-refractivity contribution in [2.24, 2.45) is 0 Å². The normalized spacial score (nSPS) is 22.7. The molecule has 13 heteroatoms. The third kappa shape index (κ3) is 15.7. The van der Waals surface area contributed by atoms with Crippen molar-refractivity contribution in [3.63, 3.8) is 0 Å². The molecule has 0 radical (unpaired) electrons. The Balaban J connectivity index is 0.000000702. The molecular weight excluding hydrogens is 422 g/mol. The first kappa shape index (κ1) is 28.9. The highest BCUT2D eigenvalue weighted by atomic mass is 19.5. The monoisotopic (exact) mass is 454 g/mol. The molecule has 1 fully saturated rings. The van der Waals surface area contributed by atoms with Crippen LogP contribution >= 0.6 is 0 Å². The Morgan fingerprint density at radius 3 is 1.67 bits per heavy atom. The molecule has 1 unspecified atom stereocenters. The lowest BCUT2D eigenvalue weighted by Gasteiger charge is -2.35. The molecule has 0 aromatic heterocycles. The summed E-state index contributed by atoms with van der Waals surface area (Å²) in [6.45, 7) is 15.0. The van der Waals surface area contributed by atoms with Gasteiger partial charge in [0.25, 0.3) is 0 Å². The van der Waals surface area contributed by atoms with E-state index >= 15 is 0 Å². The van der Waals surface area contributed by atoms with Crippen LogP contribution in [-0.2, 0) is 4.74 Å². The Bertz CT molecular complexity index is 499. The third-order valence-electron chi connectivity index (χ3n) is 5.32. The third-order valence-corrected chi connectivity index (χ3v) is 5.32. The van der Waals surface area contributed by atoms with Crippen LogP contribution in [0.5, 0.6) is 0 Å². The molecular formula is C17H32B2F8N2O. The van der Waals surface area contributed by atoms with Crippen LogP contribution in [-0.4, -0.2) is 82.5 Å². The molecule has 1 atom stereocenters. The van der Waals surface area contributed by atoms with Gasteiger partial charge in [0.2, 0.25) is 0 Å². The molecule has 0 bridgehead atoms. The lowest BCUT2D eigenvalue weighted by atomic mass is 10.2. The highest BCUT2D eigenvalue weighted by Gasteiger charge is 2.29. The van der Waals surface area contributed by atoms with Gasteiger partial charge in [0.1, 0.15) is 19.6 Å². The minimum absolute atomic E-state index is 0.885. The number of nitrogens with zero attached hydrogens (tertiary/aromatic N) is 2. The van der Waals surface area contributed by atoms with Gasteiger partial charge in [-0.05, 0) is 26.0 Å². The van der Waals surface area contributed by atoms with Gasteiger partial charge >= 0.3 is 14.5 Å². The van der Waals surface area contributed by atoms with Gasteiger partial charge in [-0.25, -0.2) is 0 Å². The minimum Gasteiger partial charge on any atom is -0.418 e. The van der Waals surface area contributed by atoms with Crippen LogP contribution in [0.2, 0.25) is 0 Å². The van der Waals surface area contributed by atoms with E-state index in [1.165, 1.54) is 43.5 Å². The van der Waals surface area contributed by atoms with Crippen LogP contribution in [0.4, 0.5) is 34.5 Å². The summed E-state index contributed by atoms with van der Waals surface area (Å²) in [6.07, 6.45) is 11.7. The molecule has 178 valence electrons. The van der Waals surface area contributed by atoms with Gasteiger partial charge in [-0.1, -0.05) is 6.08 Å². The highest BCUT2D eigenvalue weighted by Crippen LogP contribution is 2.18. The fourth-order valence-corrected chi connectivity index (χ4v) is 3.51. The Labute approximate surface area is 173 Å². The average Bonchev–Trinajstić information content (AvgIpc) is 3.09. The van der Waals surface area contributed by atoms with E-state index in [1.54, 1.807) is 0 Å². The molecule has 0 amide bonds. The number of halogens is 8. The first-order valence-electron chi connectivity index (χ1n) is 10.1. The van der Waals surface area contributed by atoms with Crippen LogP contribution in [0.1, 0.15) is 26.7 Å². The van der Waals surface area contributed by atoms with Gasteiger partial charge in [-0.3, -0.25) is 4.48 Å². The molecule has 30 heavy (non-hydrogen) atoms. The molecule has 0 aliphatic carbocycles. The van der Waals surface area contributed by atoms with Gasteiger partial charge in [-0.15, -0.1) is 0 Å². The topological polar surface area (TPSA) is 9.23 Å². The summed E-state index contributed by atoms with van der Waals surface area (Å²) in [4.78, 5) is 0. The van der Waals surface area contributed by atoms with Crippen molar-refractivity contribution in [1.82, 2.24) is 0 Å². The first-order valence-corrected chi connectivity index (χ1v) is 10.1. The molecule has 3 nitrogen and oxygen atoms in total. The molecule has 0 spiro atoms. The summed E-state index contributed by atoms with van der Waals surface area (Å²) in [5.74, 6) is 0. The Hall–Kier alpha value is -1.07. The summed E-state index contributed by atoms with van der Waals surface area (Å²) >= 11 is 0. The van der Waals surface area contributed by atoms with E-state index < -0.39 is 14.5 Å². The van der Waals surface area contributed by atoms with Crippen molar-refractivity contribution >= 4 is 14.5 Å². The molecule has 0 N–H and O–H groups in total. The van der Waals surface area contributed by atoms with E-state index in [-0.39, 0.29) is 0 Å². The zero-order valence-electron chi connectivity index (χ0n) is 17.6. The lowest BCUT2D eigenvalue weighted by molar-refractivity contribution is -0.915. The van der Waals surface area contributed by atoms with Crippen molar-refractivity contribution in [3.05, 3.63) is 24.4 Å². The average molecular weight is 454 g/mol. The van der Waals surface area contributed by atoms with Crippen molar-refractivity contribution in [2.45, 2.75) is 26.7 Å². The summed E-state index contributed by atoms with van der Waals surface area (Å²) in [7, 11) is -12.0. The highest BCUT2D eigenvalue weighted by molar-refractivity contribution is 6.50. The molecule has 2 aliphatic heterocycles. The predicted octanol–water partition coefficient (Wildman–Crippen LogP) is 5.15. The fraction of sp³-hybridized carbons (Fsp3) is 0.765. The van der Waals surface area contributed by atoms with Gasteiger partial charge in [-0.2, -0.15) is 0 Å². The predicted molar refractivity (Wildman–Crippen MR) is 105 cm³/mol. The lowest BCUT2D eigenvalue weighted by Crippen LogP contribution is -2.48. The van der Waals surface area contributed by atoms with E-state index in [0.717, 1.165) is 37.3 Å². The smallest absolute Gasteiger partial charge is 0.418 e. The summed E-state index contributed by atoms with van der Waals surface area (Å²) < 4.78 is 86.3. The van der Waals surface area contributed by atoms with Crippen molar-refractivity contribution in [2.75, 3.05) is 59.0 Å². The molecule has 2 heterocycles. The zero-order valence-corrected chi connectivity index (χ0v) is 17.6. The fourth-order valence-electron chi connectivity index (χ4n) is 3.51. The van der Waals surface area contributed by atoms with Crippen molar-refractivity contribution in [3.8, 4) is 0 Å². The van der Waals surface area contributed by atoms with Crippen LogP contribution in [0.25, 0.3) is 0 Å². The van der Waals surface area contributed by atoms with Crippen LogP contribution in [0.3, 0.4) is 0 Å². The Morgan fingerprint density at radius 1 is 0.767 bits per heavy atom. The number of likely N-dealkylation sites (N-methyl/N-ethyl adjacent to an activating group) is 2. The molecule has 0 aromatic carbocycles. The van der Waals surface area contributed by atoms with Gasteiger partial charge in [0, 0.05) is 12.8 Å². The maximum absolute atomic E-state index is 9.75. The number of ether oxygens (including phenoxy) is 1. The van der Waals surface area contributed by atoms with Gasteiger partial charge in [0.05, 0.1) is 45.6 Å².